The van der Waals surface area contributed by atoms with Gasteiger partial charge in [0.15, 0.2) is 0 Å². The van der Waals surface area contributed by atoms with Gasteiger partial charge >= 0.3 is 0 Å². The van der Waals surface area contributed by atoms with Crippen LogP contribution in [0.3, 0.4) is 0 Å². The number of rotatable bonds is 1. The van der Waals surface area contributed by atoms with Gasteiger partial charge in [0.05, 0.1) is 10.6 Å². The molecule has 3 nitrogen and oxygen atoms in total. The molecule has 2 aromatic rings. The van der Waals surface area contributed by atoms with Crippen LogP contribution in [-0.4, -0.2) is 14.5 Å². The molecule has 0 radical (unpaired) electrons. The van der Waals surface area contributed by atoms with Crippen molar-refractivity contribution < 1.29 is 4.42 Å². The van der Waals surface area contributed by atoms with E-state index in [0.717, 1.165) is 34.9 Å². The summed E-state index contributed by atoms with van der Waals surface area (Å²) in [7, 11) is 0. The van der Waals surface area contributed by atoms with E-state index in [9.17, 15) is 0 Å². The first-order valence-corrected chi connectivity index (χ1v) is 6.38. The van der Waals surface area contributed by atoms with E-state index in [4.69, 9.17) is 16.0 Å². The molecule has 0 saturated heterocycles. The molecule has 1 unspecified atom stereocenters. The number of nitrogens with zero attached hydrogens (tertiary/aromatic N) is 2. The molecule has 1 aliphatic carbocycles. The third-order valence-electron chi connectivity index (χ3n) is 3.21. The smallest absolute Gasteiger partial charge is 0.222 e. The Morgan fingerprint density at radius 2 is 2.22 bits per heavy atom. The molecule has 0 saturated carbocycles. The maximum atomic E-state index is 6.28. The second-order valence-electron chi connectivity index (χ2n) is 5.02. The van der Waals surface area contributed by atoms with Gasteiger partial charge in [-0.1, -0.05) is 18.2 Å². The summed E-state index contributed by atoms with van der Waals surface area (Å²) in [6.45, 7) is 5.93. The number of allylic oxidation sites excluding steroid dienone is 4. The van der Waals surface area contributed by atoms with Crippen LogP contribution in [0.1, 0.15) is 30.5 Å². The highest BCUT2D eigenvalue weighted by atomic mass is 35.5. The molecule has 18 heavy (non-hydrogen) atoms. The summed E-state index contributed by atoms with van der Waals surface area (Å²) >= 11 is 6.28. The minimum absolute atomic E-state index is 0.277. The predicted molar refractivity (Wildman–Crippen MR) is 72.9 cm³/mol. The first-order valence-electron chi connectivity index (χ1n) is 6.01. The molecule has 0 N–H and O–H groups in total. The van der Waals surface area contributed by atoms with E-state index in [-0.39, 0.29) is 4.87 Å². The normalized spacial score (nSPS) is 23.7. The Morgan fingerprint density at radius 3 is 2.89 bits per heavy atom. The summed E-state index contributed by atoms with van der Waals surface area (Å²) in [5.74, 6) is 0.881. The number of hydrogen-bond donors (Lipinski definition) is 0. The number of alkyl halides is 1. The Kier molecular flexibility index (Phi) is 2.42. The highest BCUT2D eigenvalue weighted by molar-refractivity contribution is 6.25. The van der Waals surface area contributed by atoms with Gasteiger partial charge in [0, 0.05) is 6.07 Å². The van der Waals surface area contributed by atoms with Crippen molar-refractivity contribution in [3.8, 4) is 0 Å². The molecule has 0 aromatic carbocycles. The Morgan fingerprint density at radius 1 is 1.44 bits per heavy atom. The fourth-order valence-corrected chi connectivity index (χ4v) is 2.41. The molecule has 1 atom stereocenters. The van der Waals surface area contributed by atoms with Crippen LogP contribution >= 0.6 is 11.6 Å². The lowest BCUT2D eigenvalue weighted by Gasteiger charge is -2.19. The SMILES string of the molecule is Cc1cc2oc(C)c(C3=CCC(C)(Cl)C=C3)n2n1. The van der Waals surface area contributed by atoms with Crippen molar-refractivity contribution in [3.63, 3.8) is 0 Å². The van der Waals surface area contributed by atoms with Crippen LogP contribution < -0.4 is 0 Å². The third-order valence-corrected chi connectivity index (χ3v) is 3.49. The molecule has 0 bridgehead atoms. The van der Waals surface area contributed by atoms with Crippen molar-refractivity contribution in [1.82, 2.24) is 9.61 Å². The van der Waals surface area contributed by atoms with Crippen molar-refractivity contribution in [1.29, 1.82) is 0 Å². The average Bonchev–Trinajstić information content (AvgIpc) is 2.74. The van der Waals surface area contributed by atoms with Gasteiger partial charge in [-0.05, 0) is 32.8 Å². The summed E-state index contributed by atoms with van der Waals surface area (Å²) < 4.78 is 7.58. The van der Waals surface area contributed by atoms with Crippen LogP contribution in [0.25, 0.3) is 11.3 Å². The molecular weight excluding hydrogens is 248 g/mol. The van der Waals surface area contributed by atoms with Crippen LogP contribution in [0.15, 0.2) is 28.7 Å². The van der Waals surface area contributed by atoms with Gasteiger partial charge in [0.2, 0.25) is 5.71 Å². The number of fused-ring (bicyclic) bond motifs is 1. The lowest BCUT2D eigenvalue weighted by atomic mass is 9.95. The van der Waals surface area contributed by atoms with Crippen LogP contribution in [0.2, 0.25) is 0 Å². The largest absolute Gasteiger partial charge is 0.441 e. The van der Waals surface area contributed by atoms with E-state index in [1.54, 1.807) is 0 Å². The minimum atomic E-state index is -0.277. The molecule has 0 spiro atoms. The number of halogens is 1. The molecule has 94 valence electrons. The Hall–Kier alpha value is -1.48. The molecule has 1 aliphatic rings. The van der Waals surface area contributed by atoms with E-state index in [0.29, 0.717) is 0 Å². The average molecular weight is 263 g/mol. The predicted octanol–water partition coefficient (Wildman–Crippen LogP) is 3.88. The number of aryl methyl sites for hydroxylation is 2. The minimum Gasteiger partial charge on any atom is -0.441 e. The Labute approximate surface area is 111 Å². The lowest BCUT2D eigenvalue weighted by Crippen LogP contribution is -2.14. The van der Waals surface area contributed by atoms with Gasteiger partial charge in [-0.3, -0.25) is 0 Å². The van der Waals surface area contributed by atoms with Gasteiger partial charge in [-0.15, -0.1) is 11.6 Å². The van der Waals surface area contributed by atoms with Crippen LogP contribution in [0.5, 0.6) is 0 Å². The number of hydrogen-bond acceptors (Lipinski definition) is 2. The quantitative estimate of drug-likeness (QED) is 0.730. The molecule has 0 aliphatic heterocycles. The van der Waals surface area contributed by atoms with Crippen molar-refractivity contribution in [2.45, 2.75) is 32.1 Å². The Balaban J connectivity index is 2.12. The van der Waals surface area contributed by atoms with Gasteiger partial charge < -0.3 is 4.42 Å². The van der Waals surface area contributed by atoms with Gasteiger partial charge in [-0.25, -0.2) is 0 Å². The zero-order chi connectivity index (χ0) is 12.9. The maximum absolute atomic E-state index is 6.28. The fraction of sp³-hybridized carbons (Fsp3) is 0.357. The van der Waals surface area contributed by atoms with E-state index in [1.807, 2.05) is 43.5 Å². The summed E-state index contributed by atoms with van der Waals surface area (Å²) in [5.41, 5.74) is 3.88. The first kappa shape index (κ1) is 11.6. The fourth-order valence-electron chi connectivity index (χ4n) is 2.27. The number of oxazole rings is 1. The molecule has 3 rings (SSSR count). The van der Waals surface area contributed by atoms with Crippen LogP contribution in [0.4, 0.5) is 0 Å². The second-order valence-corrected chi connectivity index (χ2v) is 5.88. The van der Waals surface area contributed by atoms with Crippen molar-refractivity contribution in [3.05, 3.63) is 41.4 Å². The molecule has 2 aromatic heterocycles. The zero-order valence-corrected chi connectivity index (χ0v) is 11.5. The summed E-state index contributed by atoms with van der Waals surface area (Å²) in [6.07, 6.45) is 7.03. The van der Waals surface area contributed by atoms with Crippen molar-refractivity contribution in [2.24, 2.45) is 0 Å². The van der Waals surface area contributed by atoms with Crippen molar-refractivity contribution >= 4 is 22.9 Å². The van der Waals surface area contributed by atoms with Gasteiger partial charge in [0.25, 0.3) is 0 Å². The van der Waals surface area contributed by atoms with Crippen LogP contribution in [-0.2, 0) is 0 Å². The topological polar surface area (TPSA) is 30.4 Å². The number of aromatic nitrogens is 2. The summed E-state index contributed by atoms with van der Waals surface area (Å²) in [5, 5.41) is 4.46. The van der Waals surface area contributed by atoms with E-state index in [1.165, 1.54) is 0 Å². The first-order chi connectivity index (χ1) is 8.46. The molecule has 0 amide bonds. The standard InChI is InChI=1S/C14H15ClN2O/c1-9-8-12-17(16-9)13(10(2)18-12)11-4-6-14(3,15)7-5-11/h4-6,8H,7H2,1-3H3. The summed E-state index contributed by atoms with van der Waals surface area (Å²) in [4.78, 5) is -0.277. The van der Waals surface area contributed by atoms with Crippen molar-refractivity contribution in [2.75, 3.05) is 0 Å². The second kappa shape index (κ2) is 3.75. The van der Waals surface area contributed by atoms with Gasteiger partial charge in [-0.2, -0.15) is 9.61 Å². The summed E-state index contributed by atoms with van der Waals surface area (Å²) in [6, 6.07) is 1.94. The molecule has 0 fully saturated rings. The highest BCUT2D eigenvalue weighted by Crippen LogP contribution is 2.33. The Bertz CT molecular complexity index is 673. The van der Waals surface area contributed by atoms with Crippen LogP contribution in [0, 0.1) is 13.8 Å². The molecule has 4 heteroatoms. The lowest BCUT2D eigenvalue weighted by molar-refractivity contribution is 0.571. The molecule has 2 heterocycles. The van der Waals surface area contributed by atoms with E-state index in [2.05, 4.69) is 11.2 Å². The van der Waals surface area contributed by atoms with E-state index >= 15 is 0 Å². The maximum Gasteiger partial charge on any atom is 0.222 e. The molecular formula is C14H15ClN2O. The van der Waals surface area contributed by atoms with E-state index < -0.39 is 0 Å². The highest BCUT2D eigenvalue weighted by Gasteiger charge is 2.22. The zero-order valence-electron chi connectivity index (χ0n) is 10.7. The monoisotopic (exact) mass is 262 g/mol. The van der Waals surface area contributed by atoms with Gasteiger partial charge in [0.1, 0.15) is 11.5 Å². The third kappa shape index (κ3) is 1.79.